The number of hydrogen-bond acceptors (Lipinski definition) is 8. The molecule has 3 N–H and O–H groups in total. The Balaban J connectivity index is 3.82. The zero-order valence-electron chi connectivity index (χ0n) is 11.5. The summed E-state index contributed by atoms with van der Waals surface area (Å²) in [6.07, 6.45) is 0. The molecule has 0 bridgehead atoms. The monoisotopic (exact) mass is 310 g/mol. The Morgan fingerprint density at radius 3 is 2.16 bits per heavy atom. The van der Waals surface area contributed by atoms with Crippen LogP contribution in [0.25, 0.3) is 0 Å². The molecule has 0 spiro atoms. The van der Waals surface area contributed by atoms with Gasteiger partial charge >= 0.3 is 11.9 Å². The van der Waals surface area contributed by atoms with Crippen molar-refractivity contribution in [1.82, 2.24) is 5.32 Å². The highest BCUT2D eigenvalue weighted by Crippen LogP contribution is 2.23. The predicted molar refractivity (Wildman–Crippen MR) is 79.0 cm³/mol. The fourth-order valence-electron chi connectivity index (χ4n) is 1.07. The van der Waals surface area contributed by atoms with Crippen molar-refractivity contribution in [2.45, 2.75) is 25.9 Å². The summed E-state index contributed by atoms with van der Waals surface area (Å²) in [5, 5.41) is 2.89. The quantitative estimate of drug-likeness (QED) is 0.341. The van der Waals surface area contributed by atoms with Gasteiger partial charge in [0.2, 0.25) is 0 Å². The molecule has 0 rings (SSSR count). The van der Waals surface area contributed by atoms with Crippen LogP contribution in [-0.4, -0.2) is 55.8 Å². The Morgan fingerprint density at radius 2 is 1.63 bits per heavy atom. The van der Waals surface area contributed by atoms with Crippen molar-refractivity contribution < 1.29 is 19.1 Å². The second-order valence-corrected chi connectivity index (χ2v) is 6.07. The van der Waals surface area contributed by atoms with Gasteiger partial charge in [-0.15, -0.1) is 0 Å². The molecule has 8 heteroatoms. The van der Waals surface area contributed by atoms with Crippen molar-refractivity contribution in [3.05, 3.63) is 0 Å². The van der Waals surface area contributed by atoms with Gasteiger partial charge in [0, 0.05) is 11.5 Å². The van der Waals surface area contributed by atoms with Crippen LogP contribution in [0.3, 0.4) is 0 Å². The van der Waals surface area contributed by atoms with E-state index < -0.39 is 12.0 Å². The van der Waals surface area contributed by atoms with Crippen molar-refractivity contribution >= 4 is 33.5 Å². The molecule has 19 heavy (non-hydrogen) atoms. The zero-order valence-corrected chi connectivity index (χ0v) is 13.1. The summed E-state index contributed by atoms with van der Waals surface area (Å²) in [7, 11) is 4.61. The highest BCUT2D eigenvalue weighted by Gasteiger charge is 2.19. The van der Waals surface area contributed by atoms with Gasteiger partial charge in [-0.2, -0.15) is 0 Å². The standard InChI is InChI=1S/C11H22N2O4S2/c1-4-16-10(14)8(12)6-18-19-7-9(13-3)11(15)17-5-2/h8-9,13H,4-7,12H2,1-3H3. The third-order valence-corrected chi connectivity index (χ3v) is 4.52. The maximum Gasteiger partial charge on any atom is 0.324 e. The van der Waals surface area contributed by atoms with Crippen LogP contribution in [0.15, 0.2) is 0 Å². The molecule has 0 aromatic heterocycles. The van der Waals surface area contributed by atoms with Gasteiger partial charge < -0.3 is 20.5 Å². The molecule has 0 fully saturated rings. The first-order valence-electron chi connectivity index (χ1n) is 6.07. The van der Waals surface area contributed by atoms with Gasteiger partial charge in [-0.05, 0) is 20.9 Å². The van der Waals surface area contributed by atoms with Crippen LogP contribution in [-0.2, 0) is 19.1 Å². The minimum absolute atomic E-state index is 0.271. The second-order valence-electron chi connectivity index (χ2n) is 3.52. The van der Waals surface area contributed by atoms with Gasteiger partial charge in [0.05, 0.1) is 13.2 Å². The zero-order chi connectivity index (χ0) is 14.7. The molecule has 112 valence electrons. The number of carbonyl (C=O) groups is 2. The van der Waals surface area contributed by atoms with Crippen LogP contribution in [0.4, 0.5) is 0 Å². The van der Waals surface area contributed by atoms with E-state index in [0.717, 1.165) is 0 Å². The first kappa shape index (κ1) is 18.6. The highest BCUT2D eigenvalue weighted by molar-refractivity contribution is 8.76. The third kappa shape index (κ3) is 8.35. The lowest BCUT2D eigenvalue weighted by Crippen LogP contribution is -2.37. The second kappa shape index (κ2) is 11.4. The number of carbonyl (C=O) groups excluding carboxylic acids is 2. The van der Waals surface area contributed by atoms with Crippen LogP contribution >= 0.6 is 21.6 Å². The molecule has 2 unspecified atom stereocenters. The molecule has 6 nitrogen and oxygen atoms in total. The normalized spacial score (nSPS) is 13.7. The lowest BCUT2D eigenvalue weighted by molar-refractivity contribution is -0.145. The van der Waals surface area contributed by atoms with Gasteiger partial charge in [0.25, 0.3) is 0 Å². The maximum atomic E-state index is 11.5. The van der Waals surface area contributed by atoms with Crippen molar-refractivity contribution in [3.8, 4) is 0 Å². The number of esters is 2. The number of hydrogen-bond donors (Lipinski definition) is 2. The number of ether oxygens (including phenoxy) is 2. The third-order valence-electron chi connectivity index (χ3n) is 2.07. The van der Waals surface area contributed by atoms with Crippen LogP contribution in [0, 0.1) is 0 Å². The van der Waals surface area contributed by atoms with E-state index in [2.05, 4.69) is 5.32 Å². The van der Waals surface area contributed by atoms with Gasteiger partial charge in [-0.25, -0.2) is 0 Å². The lowest BCUT2D eigenvalue weighted by atomic mass is 10.3. The summed E-state index contributed by atoms with van der Waals surface area (Å²) >= 11 is 0. The van der Waals surface area contributed by atoms with E-state index >= 15 is 0 Å². The van der Waals surface area contributed by atoms with E-state index in [4.69, 9.17) is 15.2 Å². The summed E-state index contributed by atoms with van der Waals surface area (Å²) in [5.74, 6) is 0.331. The summed E-state index contributed by atoms with van der Waals surface area (Å²) in [6.45, 7) is 4.20. The Hall–Kier alpha value is -0.440. The van der Waals surface area contributed by atoms with Crippen LogP contribution in [0.2, 0.25) is 0 Å². The number of likely N-dealkylation sites (N-methyl/N-ethyl adjacent to an activating group) is 1. The smallest absolute Gasteiger partial charge is 0.324 e. The van der Waals surface area contributed by atoms with Gasteiger partial charge in [-0.3, -0.25) is 9.59 Å². The fraction of sp³-hybridized carbons (Fsp3) is 0.818. The molecule has 0 aliphatic heterocycles. The largest absolute Gasteiger partial charge is 0.465 e. The van der Waals surface area contributed by atoms with E-state index in [1.165, 1.54) is 21.6 Å². The lowest BCUT2D eigenvalue weighted by Gasteiger charge is -2.14. The van der Waals surface area contributed by atoms with Crippen molar-refractivity contribution in [3.63, 3.8) is 0 Å². The summed E-state index contributed by atoms with van der Waals surface area (Å²) in [6, 6.07) is -0.982. The SMILES string of the molecule is CCOC(=O)C(N)CSSCC(NC)C(=O)OCC. The van der Waals surface area contributed by atoms with Gasteiger partial charge in [-0.1, -0.05) is 21.6 Å². The van der Waals surface area contributed by atoms with E-state index in [0.29, 0.717) is 24.7 Å². The Morgan fingerprint density at radius 1 is 1.11 bits per heavy atom. The molecule has 0 aliphatic carbocycles. The molecule has 0 saturated carbocycles. The van der Waals surface area contributed by atoms with E-state index in [1.54, 1.807) is 20.9 Å². The molecule has 0 radical (unpaired) electrons. The topological polar surface area (TPSA) is 90.6 Å². The average molecular weight is 310 g/mol. The molecular weight excluding hydrogens is 288 g/mol. The predicted octanol–water partition coefficient (Wildman–Crippen LogP) is 0.409. The van der Waals surface area contributed by atoms with Gasteiger partial charge in [0.15, 0.2) is 0 Å². The summed E-state index contributed by atoms with van der Waals surface area (Å²) in [4.78, 5) is 22.8. The number of nitrogens with one attached hydrogen (secondary N) is 1. The van der Waals surface area contributed by atoms with Crippen LogP contribution < -0.4 is 11.1 Å². The molecular formula is C11H22N2O4S2. The average Bonchev–Trinajstić information content (AvgIpc) is 2.39. The molecule has 0 aromatic rings. The van der Waals surface area contributed by atoms with E-state index in [1.807, 2.05) is 0 Å². The Bertz CT molecular complexity index is 279. The van der Waals surface area contributed by atoms with Crippen molar-refractivity contribution in [2.75, 3.05) is 31.8 Å². The fourth-order valence-corrected chi connectivity index (χ4v) is 3.41. The molecule has 0 heterocycles. The molecule has 0 amide bonds. The highest BCUT2D eigenvalue weighted by atomic mass is 33.1. The molecule has 0 aliphatic rings. The van der Waals surface area contributed by atoms with E-state index in [9.17, 15) is 9.59 Å². The van der Waals surface area contributed by atoms with Crippen molar-refractivity contribution in [2.24, 2.45) is 5.73 Å². The molecule has 0 aromatic carbocycles. The minimum atomic E-state index is -0.631. The molecule has 0 saturated heterocycles. The number of rotatable bonds is 10. The summed E-state index contributed by atoms with van der Waals surface area (Å²) in [5.41, 5.74) is 5.64. The maximum absolute atomic E-state index is 11.5. The van der Waals surface area contributed by atoms with Crippen LogP contribution in [0.5, 0.6) is 0 Å². The van der Waals surface area contributed by atoms with Crippen molar-refractivity contribution in [1.29, 1.82) is 0 Å². The first-order valence-corrected chi connectivity index (χ1v) is 8.56. The van der Waals surface area contributed by atoms with E-state index in [-0.39, 0.29) is 12.0 Å². The Labute approximate surface area is 121 Å². The molecule has 2 atom stereocenters. The number of nitrogens with two attached hydrogens (primary N) is 1. The minimum Gasteiger partial charge on any atom is -0.465 e. The van der Waals surface area contributed by atoms with Gasteiger partial charge in [0.1, 0.15) is 12.1 Å². The first-order chi connectivity index (χ1) is 9.06. The van der Waals surface area contributed by atoms with Crippen LogP contribution in [0.1, 0.15) is 13.8 Å². The summed E-state index contributed by atoms with van der Waals surface area (Å²) < 4.78 is 9.72. The Kier molecular flexibility index (Phi) is 11.1.